The van der Waals surface area contributed by atoms with Crippen LogP contribution in [0.25, 0.3) is 22.6 Å². The number of imidazole rings is 1. The number of aliphatic hydroxyl groups is 2. The van der Waals surface area contributed by atoms with Gasteiger partial charge in [-0.15, -0.1) is 0 Å². The fraction of sp³-hybridized carbons (Fsp3) is 0.500. The van der Waals surface area contributed by atoms with Crippen LogP contribution in [-0.2, 0) is 14.1 Å². The predicted molar refractivity (Wildman–Crippen MR) is 134 cm³/mol. The van der Waals surface area contributed by atoms with E-state index in [1.807, 2.05) is 31.2 Å². The maximum Gasteiger partial charge on any atom is 0.350 e. The van der Waals surface area contributed by atoms with Crippen molar-refractivity contribution in [3.8, 4) is 11.4 Å². The van der Waals surface area contributed by atoms with Crippen molar-refractivity contribution in [2.45, 2.75) is 56.9 Å². The van der Waals surface area contributed by atoms with Crippen molar-refractivity contribution in [1.82, 2.24) is 19.5 Å². The third kappa shape index (κ3) is 5.18. The Morgan fingerprint density at radius 2 is 1.86 bits per heavy atom. The number of aliphatic hydroxyl groups excluding tert-OH is 2. The van der Waals surface area contributed by atoms with Gasteiger partial charge in [0, 0.05) is 11.6 Å². The molecule has 1 aromatic carbocycles. The molecule has 2 aliphatic carbocycles. The van der Waals surface area contributed by atoms with Gasteiger partial charge in [-0.2, -0.15) is 0 Å². The summed E-state index contributed by atoms with van der Waals surface area (Å²) in [7, 11) is -4.45. The highest BCUT2D eigenvalue weighted by molar-refractivity contribution is 7.51. The molecule has 2 aliphatic rings. The molecule has 2 aromatic heterocycles. The molecular formula is C24H30N5O7P. The van der Waals surface area contributed by atoms with Crippen LogP contribution in [0.3, 0.4) is 0 Å². The summed E-state index contributed by atoms with van der Waals surface area (Å²) in [4.78, 5) is 45.3. The van der Waals surface area contributed by atoms with Crippen LogP contribution in [0.1, 0.15) is 37.3 Å². The van der Waals surface area contributed by atoms with Crippen LogP contribution in [0, 0.1) is 12.8 Å². The van der Waals surface area contributed by atoms with E-state index in [9.17, 15) is 19.6 Å². The van der Waals surface area contributed by atoms with E-state index in [1.54, 1.807) is 0 Å². The van der Waals surface area contributed by atoms with Crippen molar-refractivity contribution in [1.29, 1.82) is 0 Å². The molecule has 2 fully saturated rings. The van der Waals surface area contributed by atoms with Gasteiger partial charge in [0.1, 0.15) is 18.5 Å². The number of fused-ring (bicyclic) bond motifs is 1. The minimum atomic E-state index is -4.45. The number of nitrogens with zero attached hydrogens (tertiary/aromatic N) is 4. The second kappa shape index (κ2) is 10.2. The number of hydrogen-bond donors (Lipinski definition) is 5. The summed E-state index contributed by atoms with van der Waals surface area (Å²) in [5.41, 5.74) is 2.55. The number of nitrogens with one attached hydrogen (secondary N) is 1. The van der Waals surface area contributed by atoms with Gasteiger partial charge < -0.3 is 34.6 Å². The molecule has 5 N–H and O–H groups in total. The number of aromatic nitrogens is 4. The minimum Gasteiger partial charge on any atom is -0.389 e. The highest BCUT2D eigenvalue weighted by Crippen LogP contribution is 2.38. The lowest BCUT2D eigenvalue weighted by Crippen LogP contribution is -2.31. The summed E-state index contributed by atoms with van der Waals surface area (Å²) in [6.45, 7) is 1.51. The molecule has 0 saturated heterocycles. The monoisotopic (exact) mass is 531 g/mol. The highest BCUT2D eigenvalue weighted by Gasteiger charge is 2.50. The molecule has 0 bridgehead atoms. The molecule has 4 atom stereocenters. The Bertz CT molecular complexity index is 1350. The van der Waals surface area contributed by atoms with Crippen molar-refractivity contribution in [3.63, 3.8) is 0 Å². The Labute approximate surface area is 212 Å². The number of aryl methyl sites for hydroxylation is 1. The number of Topliss-reactive ketones (excluding diaryl/α,β-unsaturated/α-hetero) is 1. The van der Waals surface area contributed by atoms with E-state index < -0.39 is 50.5 Å². The summed E-state index contributed by atoms with van der Waals surface area (Å²) in [5.74, 6) is -0.727. The smallest absolute Gasteiger partial charge is 0.350 e. The summed E-state index contributed by atoms with van der Waals surface area (Å²) in [5, 5.41) is 24.9. The Hall–Kier alpha value is -2.73. The van der Waals surface area contributed by atoms with Gasteiger partial charge in [-0.3, -0.25) is 9.36 Å². The van der Waals surface area contributed by atoms with E-state index >= 15 is 0 Å². The molecule has 0 unspecified atom stereocenters. The standard InChI is InChI=1S/C24H30N5O7P/c1-13-6-2-5-9-15(13)22-27-23(26-14-7-3-4-8-14)17-24(28-22)29(11-25-17)18-19(30)16(20(31)21(18)32)10-36-12-37(33,34)35/h2,5-6,9,11,14,16,18,20-21,31-32H,3-4,7-8,10,12H2,1H3,(H,26,27,28)(H2,33,34,35)/t16-,18-,20-,21+/m0/s1. The quantitative estimate of drug-likeness (QED) is 0.267. The molecule has 13 heteroatoms. The third-order valence-corrected chi connectivity index (χ3v) is 7.62. The number of anilines is 1. The predicted octanol–water partition coefficient (Wildman–Crippen LogP) is 1.77. The Morgan fingerprint density at radius 3 is 2.57 bits per heavy atom. The summed E-state index contributed by atoms with van der Waals surface area (Å²) in [6, 6.07) is 6.70. The van der Waals surface area contributed by atoms with Crippen LogP contribution in [0.2, 0.25) is 0 Å². The molecule has 5 rings (SSSR count). The van der Waals surface area contributed by atoms with Gasteiger partial charge in [-0.05, 0) is 25.3 Å². The summed E-state index contributed by atoms with van der Waals surface area (Å²) in [6.07, 6.45) is 1.80. The zero-order valence-electron chi connectivity index (χ0n) is 20.3. The van der Waals surface area contributed by atoms with Crippen LogP contribution in [0.15, 0.2) is 30.6 Å². The van der Waals surface area contributed by atoms with E-state index in [4.69, 9.17) is 24.5 Å². The zero-order valence-corrected chi connectivity index (χ0v) is 21.2. The van der Waals surface area contributed by atoms with Crippen LogP contribution >= 0.6 is 7.60 Å². The highest BCUT2D eigenvalue weighted by atomic mass is 31.2. The van der Waals surface area contributed by atoms with E-state index in [1.165, 1.54) is 10.9 Å². The molecule has 3 aromatic rings. The van der Waals surface area contributed by atoms with E-state index in [-0.39, 0.29) is 6.04 Å². The van der Waals surface area contributed by atoms with E-state index in [2.05, 4.69) is 10.3 Å². The SMILES string of the molecule is Cc1ccccc1-c1nc(NC2CCCC2)c2ncn([C@H]3C(=O)[C@H](COCP(=O)(O)O)[C@H](O)[C@@H]3O)c2n1. The first kappa shape index (κ1) is 25.9. The van der Waals surface area contributed by atoms with Crippen LogP contribution in [-0.4, -0.2) is 76.5 Å². The van der Waals surface area contributed by atoms with E-state index in [0.717, 1.165) is 36.8 Å². The largest absolute Gasteiger partial charge is 0.389 e. The lowest BCUT2D eigenvalue weighted by Gasteiger charge is -2.18. The maximum atomic E-state index is 13.3. The number of hydrogen-bond acceptors (Lipinski definition) is 9. The fourth-order valence-electron chi connectivity index (χ4n) is 5.19. The van der Waals surface area contributed by atoms with Gasteiger partial charge in [0.25, 0.3) is 0 Å². The second-order valence-corrected chi connectivity index (χ2v) is 11.3. The van der Waals surface area contributed by atoms with E-state index in [0.29, 0.717) is 22.8 Å². The van der Waals surface area contributed by atoms with Crippen molar-refractivity contribution in [3.05, 3.63) is 36.2 Å². The minimum absolute atomic E-state index is 0.240. The maximum absolute atomic E-state index is 13.3. The van der Waals surface area contributed by atoms with Crippen molar-refractivity contribution >= 4 is 30.4 Å². The van der Waals surface area contributed by atoms with Gasteiger partial charge >= 0.3 is 7.60 Å². The number of rotatable bonds is 8. The molecule has 12 nitrogen and oxygen atoms in total. The lowest BCUT2D eigenvalue weighted by molar-refractivity contribution is -0.126. The summed E-state index contributed by atoms with van der Waals surface area (Å²) >= 11 is 0. The third-order valence-electron chi connectivity index (χ3n) is 7.10. The van der Waals surface area contributed by atoms with Crippen LogP contribution in [0.5, 0.6) is 0 Å². The lowest BCUT2D eigenvalue weighted by atomic mass is 10.1. The van der Waals surface area contributed by atoms with Gasteiger partial charge in [0.05, 0.1) is 25.0 Å². The fourth-order valence-corrected chi connectivity index (χ4v) is 5.53. The normalized spacial score (nSPS) is 24.8. The molecule has 0 aliphatic heterocycles. The Kier molecular flexibility index (Phi) is 7.14. The van der Waals surface area contributed by atoms with Gasteiger partial charge in [0.2, 0.25) is 0 Å². The number of ether oxygens (including phenoxy) is 1. The Balaban J connectivity index is 1.54. The molecule has 0 spiro atoms. The molecule has 37 heavy (non-hydrogen) atoms. The first-order valence-electron chi connectivity index (χ1n) is 12.2. The van der Waals surface area contributed by atoms with Crippen molar-refractivity contribution in [2.24, 2.45) is 5.92 Å². The summed E-state index contributed by atoms with van der Waals surface area (Å²) < 4.78 is 17.5. The molecule has 2 heterocycles. The van der Waals surface area contributed by atoms with Gasteiger partial charge in [-0.25, -0.2) is 15.0 Å². The molecule has 0 amide bonds. The van der Waals surface area contributed by atoms with Gasteiger partial charge in [0.15, 0.2) is 28.6 Å². The molecule has 2 saturated carbocycles. The molecule has 198 valence electrons. The van der Waals surface area contributed by atoms with Crippen molar-refractivity contribution in [2.75, 3.05) is 18.3 Å². The van der Waals surface area contributed by atoms with Gasteiger partial charge in [-0.1, -0.05) is 37.1 Å². The van der Waals surface area contributed by atoms with Crippen LogP contribution in [0.4, 0.5) is 5.82 Å². The first-order valence-corrected chi connectivity index (χ1v) is 14.0. The number of carbonyl (C=O) groups excluding carboxylic acids is 1. The number of carbonyl (C=O) groups is 1. The average molecular weight is 532 g/mol. The molecular weight excluding hydrogens is 501 g/mol. The Morgan fingerprint density at radius 1 is 1.14 bits per heavy atom. The van der Waals surface area contributed by atoms with Crippen LogP contribution < -0.4 is 5.32 Å². The second-order valence-electron chi connectivity index (χ2n) is 9.76. The first-order chi connectivity index (χ1) is 17.6. The van der Waals surface area contributed by atoms with Crippen molar-refractivity contribution < 1.29 is 34.1 Å². The topological polar surface area (TPSA) is 180 Å². The molecule has 0 radical (unpaired) electrons. The average Bonchev–Trinajstić information content (AvgIpc) is 3.55. The zero-order chi connectivity index (χ0) is 26.3. The number of ketones is 1. The number of benzene rings is 1.